The van der Waals surface area contributed by atoms with E-state index in [1.807, 2.05) is 36.7 Å². The zero-order valence-electron chi connectivity index (χ0n) is 19.4. The molecule has 2 heterocycles. The standard InChI is InChI=1S/C29H28N4O2/c1-2-18-14-20(17-31-16-18)23-4-3-5-25-24(23)12-13-32-28(25)19-6-11-26(29(30)35)27(15-19)33-21-7-9-22(34)10-8-21/h2-6,11-17,21-22,33-34H,1,7-10H2,(H2,30,35). The lowest BCUT2D eigenvalue weighted by molar-refractivity contribution is 0.100. The first kappa shape index (κ1) is 22.7. The fourth-order valence-electron chi connectivity index (χ4n) is 4.87. The maximum absolute atomic E-state index is 12.1. The number of hydrogen-bond donors (Lipinski definition) is 3. The zero-order valence-corrected chi connectivity index (χ0v) is 19.4. The maximum Gasteiger partial charge on any atom is 0.250 e. The van der Waals surface area contributed by atoms with Crippen molar-refractivity contribution in [2.75, 3.05) is 5.32 Å². The number of benzene rings is 2. The van der Waals surface area contributed by atoms with Crippen LogP contribution in [0.4, 0.5) is 5.69 Å². The second kappa shape index (κ2) is 9.68. The number of hydrogen-bond acceptors (Lipinski definition) is 5. The van der Waals surface area contributed by atoms with Gasteiger partial charge in [0.25, 0.3) is 5.91 Å². The number of carbonyl (C=O) groups excluding carboxylic acids is 1. The molecule has 0 atom stereocenters. The molecule has 0 unspecified atom stereocenters. The van der Waals surface area contributed by atoms with Crippen LogP contribution in [0.15, 0.2) is 73.7 Å². The summed E-state index contributed by atoms with van der Waals surface area (Å²) < 4.78 is 0. The lowest BCUT2D eigenvalue weighted by atomic mass is 9.92. The Balaban J connectivity index is 1.58. The first-order valence-electron chi connectivity index (χ1n) is 11.9. The normalized spacial score (nSPS) is 17.7. The Morgan fingerprint density at radius 3 is 2.63 bits per heavy atom. The van der Waals surface area contributed by atoms with Crippen LogP contribution < -0.4 is 11.1 Å². The lowest BCUT2D eigenvalue weighted by Gasteiger charge is -2.28. The number of primary amides is 1. The van der Waals surface area contributed by atoms with Crippen molar-refractivity contribution in [3.63, 3.8) is 0 Å². The molecule has 0 saturated heterocycles. The third-order valence-corrected chi connectivity index (χ3v) is 6.73. The summed E-state index contributed by atoms with van der Waals surface area (Å²) >= 11 is 0. The van der Waals surface area contributed by atoms with Gasteiger partial charge >= 0.3 is 0 Å². The van der Waals surface area contributed by atoms with Crippen molar-refractivity contribution in [3.8, 4) is 22.4 Å². The van der Waals surface area contributed by atoms with Crippen LogP contribution >= 0.6 is 0 Å². The molecule has 1 fully saturated rings. The predicted molar refractivity (Wildman–Crippen MR) is 141 cm³/mol. The van der Waals surface area contributed by atoms with E-state index in [0.29, 0.717) is 11.3 Å². The topological polar surface area (TPSA) is 101 Å². The second-order valence-corrected chi connectivity index (χ2v) is 9.05. The Kier molecular flexibility index (Phi) is 6.29. The minimum Gasteiger partial charge on any atom is -0.393 e. The van der Waals surface area contributed by atoms with Crippen molar-refractivity contribution in [2.45, 2.75) is 37.8 Å². The molecule has 4 N–H and O–H groups in total. The van der Waals surface area contributed by atoms with Gasteiger partial charge in [0.05, 0.1) is 17.4 Å². The molecule has 0 aliphatic heterocycles. The van der Waals surface area contributed by atoms with Gasteiger partial charge < -0.3 is 16.2 Å². The van der Waals surface area contributed by atoms with Crippen molar-refractivity contribution in [1.82, 2.24) is 9.97 Å². The van der Waals surface area contributed by atoms with Gasteiger partial charge in [0.15, 0.2) is 0 Å². The Bertz CT molecular complexity index is 1410. The minimum atomic E-state index is -0.474. The first-order chi connectivity index (χ1) is 17.0. The molecule has 2 aromatic heterocycles. The molecule has 2 aromatic carbocycles. The van der Waals surface area contributed by atoms with Crippen molar-refractivity contribution in [1.29, 1.82) is 0 Å². The third kappa shape index (κ3) is 4.66. The quantitative estimate of drug-likeness (QED) is 0.354. The number of carbonyl (C=O) groups is 1. The van der Waals surface area contributed by atoms with E-state index >= 15 is 0 Å². The molecule has 5 rings (SSSR count). The summed E-state index contributed by atoms with van der Waals surface area (Å²) in [6.07, 6.45) is 10.2. The summed E-state index contributed by atoms with van der Waals surface area (Å²) in [5.41, 5.74) is 11.6. The summed E-state index contributed by atoms with van der Waals surface area (Å²) in [6.45, 7) is 3.85. The molecule has 6 heteroatoms. The number of amides is 1. The van der Waals surface area contributed by atoms with Crippen LogP contribution in [0.5, 0.6) is 0 Å². The number of anilines is 1. The highest BCUT2D eigenvalue weighted by Gasteiger charge is 2.21. The van der Waals surface area contributed by atoms with E-state index in [2.05, 4.69) is 35.1 Å². The highest BCUT2D eigenvalue weighted by molar-refractivity contribution is 6.04. The molecule has 1 amide bonds. The van der Waals surface area contributed by atoms with E-state index < -0.39 is 5.91 Å². The van der Waals surface area contributed by atoms with Crippen LogP contribution in [0.3, 0.4) is 0 Å². The summed E-state index contributed by atoms with van der Waals surface area (Å²) in [5, 5.41) is 15.4. The van der Waals surface area contributed by atoms with E-state index in [4.69, 9.17) is 10.7 Å². The Morgan fingerprint density at radius 2 is 1.86 bits per heavy atom. The lowest BCUT2D eigenvalue weighted by Crippen LogP contribution is -2.29. The van der Waals surface area contributed by atoms with Gasteiger partial charge in [-0.1, -0.05) is 36.9 Å². The zero-order chi connectivity index (χ0) is 24.4. The molecule has 0 radical (unpaired) electrons. The van der Waals surface area contributed by atoms with Gasteiger partial charge in [0, 0.05) is 46.8 Å². The number of nitrogens with one attached hydrogen (secondary N) is 1. The largest absolute Gasteiger partial charge is 0.393 e. The molecule has 1 aliphatic rings. The van der Waals surface area contributed by atoms with E-state index in [1.54, 1.807) is 18.3 Å². The van der Waals surface area contributed by atoms with Gasteiger partial charge in [-0.25, -0.2) is 0 Å². The van der Waals surface area contributed by atoms with Crippen molar-refractivity contribution < 1.29 is 9.90 Å². The number of nitrogens with two attached hydrogens (primary N) is 1. The van der Waals surface area contributed by atoms with Crippen LogP contribution in [0.25, 0.3) is 39.2 Å². The summed E-state index contributed by atoms with van der Waals surface area (Å²) in [6, 6.07) is 16.0. The second-order valence-electron chi connectivity index (χ2n) is 9.05. The van der Waals surface area contributed by atoms with Gasteiger partial charge in [0.1, 0.15) is 0 Å². The molecule has 6 nitrogen and oxygen atoms in total. The Hall–Kier alpha value is -4.03. The van der Waals surface area contributed by atoms with E-state index in [1.165, 1.54) is 0 Å². The molecule has 0 bridgehead atoms. The predicted octanol–water partition coefficient (Wildman–Crippen LogP) is 5.42. The number of aliphatic hydroxyl groups is 1. The van der Waals surface area contributed by atoms with E-state index in [0.717, 1.165) is 64.4 Å². The van der Waals surface area contributed by atoms with E-state index in [-0.39, 0.29) is 12.1 Å². The Morgan fingerprint density at radius 1 is 1.03 bits per heavy atom. The first-order valence-corrected chi connectivity index (χ1v) is 11.9. The summed E-state index contributed by atoms with van der Waals surface area (Å²) in [4.78, 5) is 21.2. The van der Waals surface area contributed by atoms with Gasteiger partial charge in [-0.15, -0.1) is 0 Å². The van der Waals surface area contributed by atoms with Crippen LogP contribution in [-0.4, -0.2) is 33.1 Å². The van der Waals surface area contributed by atoms with Crippen molar-refractivity contribution in [3.05, 3.63) is 84.8 Å². The average Bonchev–Trinajstić information content (AvgIpc) is 2.89. The third-order valence-electron chi connectivity index (χ3n) is 6.73. The van der Waals surface area contributed by atoms with Gasteiger partial charge in [-0.05, 0) is 66.5 Å². The van der Waals surface area contributed by atoms with Crippen molar-refractivity contribution in [2.24, 2.45) is 5.73 Å². The Labute approximate surface area is 204 Å². The number of aromatic nitrogens is 2. The van der Waals surface area contributed by atoms with Crippen LogP contribution in [0.2, 0.25) is 0 Å². The van der Waals surface area contributed by atoms with Gasteiger partial charge in [-0.2, -0.15) is 0 Å². The highest BCUT2D eigenvalue weighted by atomic mass is 16.3. The average molecular weight is 465 g/mol. The fraction of sp³-hybridized carbons (Fsp3) is 0.207. The van der Waals surface area contributed by atoms with Crippen molar-refractivity contribution >= 4 is 28.4 Å². The molecule has 4 aromatic rings. The number of fused-ring (bicyclic) bond motifs is 1. The summed E-state index contributed by atoms with van der Waals surface area (Å²) in [7, 11) is 0. The maximum atomic E-state index is 12.1. The molecule has 176 valence electrons. The van der Waals surface area contributed by atoms with Gasteiger partial charge in [0.2, 0.25) is 0 Å². The smallest absolute Gasteiger partial charge is 0.250 e. The van der Waals surface area contributed by atoms with Crippen LogP contribution in [0.1, 0.15) is 41.6 Å². The molecule has 35 heavy (non-hydrogen) atoms. The number of nitrogens with zero attached hydrogens (tertiary/aromatic N) is 2. The molecule has 1 aliphatic carbocycles. The number of aliphatic hydroxyl groups excluding tert-OH is 1. The molecule has 0 spiro atoms. The summed E-state index contributed by atoms with van der Waals surface area (Å²) in [5.74, 6) is -0.474. The molecular formula is C29H28N4O2. The monoisotopic (exact) mass is 464 g/mol. The fourth-order valence-corrected chi connectivity index (χ4v) is 4.87. The van der Waals surface area contributed by atoms with Gasteiger partial charge in [-0.3, -0.25) is 14.8 Å². The highest BCUT2D eigenvalue weighted by Crippen LogP contribution is 2.35. The SMILES string of the molecule is C=Cc1cncc(-c2cccc3c(-c4ccc(C(N)=O)c(NC5CCC(O)CC5)c4)nccc23)c1. The molecule has 1 saturated carbocycles. The number of pyridine rings is 2. The minimum absolute atomic E-state index is 0.184. The number of rotatable bonds is 6. The molecular weight excluding hydrogens is 436 g/mol. The van der Waals surface area contributed by atoms with Crippen LogP contribution in [0, 0.1) is 0 Å². The van der Waals surface area contributed by atoms with E-state index in [9.17, 15) is 9.90 Å². The van der Waals surface area contributed by atoms with Crippen LogP contribution in [-0.2, 0) is 0 Å².